The molecule has 9 nitrogen and oxygen atoms in total. The van der Waals surface area contributed by atoms with Crippen molar-refractivity contribution >= 4 is 50.7 Å². The number of amides is 3. The fourth-order valence-electron chi connectivity index (χ4n) is 3.54. The highest BCUT2D eigenvalue weighted by Crippen LogP contribution is 2.39. The number of ether oxygens (including phenoxy) is 1. The van der Waals surface area contributed by atoms with Gasteiger partial charge in [-0.3, -0.25) is 19.3 Å². The molecule has 3 amide bonds. The second kappa shape index (κ2) is 11.1. The van der Waals surface area contributed by atoms with Crippen molar-refractivity contribution < 1.29 is 36.1 Å². The van der Waals surface area contributed by atoms with Gasteiger partial charge in [-0.2, -0.15) is 8.42 Å². The SMILES string of the molecule is COc1cccc(/C=C2\SC(=O)N(Cc3ccccc3F)C2=O)c1OS(=O)(=O)c1ccc(NC(C)=O)cc1. The van der Waals surface area contributed by atoms with Crippen LogP contribution >= 0.6 is 11.8 Å². The topological polar surface area (TPSA) is 119 Å². The van der Waals surface area contributed by atoms with Crippen LogP contribution in [0.15, 0.2) is 76.5 Å². The fourth-order valence-corrected chi connectivity index (χ4v) is 5.33. The molecule has 3 aromatic carbocycles. The van der Waals surface area contributed by atoms with Crippen LogP contribution in [0.3, 0.4) is 0 Å². The number of imide groups is 1. The van der Waals surface area contributed by atoms with Crippen LogP contribution in [0.25, 0.3) is 6.08 Å². The van der Waals surface area contributed by atoms with E-state index in [-0.39, 0.29) is 44.9 Å². The molecular formula is C26H21FN2O7S2. The molecule has 0 bridgehead atoms. The Kier molecular flexibility index (Phi) is 7.83. The molecule has 196 valence electrons. The lowest BCUT2D eigenvalue weighted by molar-refractivity contribution is -0.123. The van der Waals surface area contributed by atoms with Crippen molar-refractivity contribution in [2.24, 2.45) is 0 Å². The van der Waals surface area contributed by atoms with Gasteiger partial charge < -0.3 is 14.2 Å². The number of methoxy groups -OCH3 is 1. The van der Waals surface area contributed by atoms with Gasteiger partial charge in [0.05, 0.1) is 18.6 Å². The first-order valence-electron chi connectivity index (χ1n) is 11.1. The highest BCUT2D eigenvalue weighted by molar-refractivity contribution is 8.18. The van der Waals surface area contributed by atoms with Crippen molar-refractivity contribution in [1.29, 1.82) is 0 Å². The minimum Gasteiger partial charge on any atom is -0.493 e. The molecule has 1 heterocycles. The predicted molar refractivity (Wildman–Crippen MR) is 139 cm³/mol. The van der Waals surface area contributed by atoms with Gasteiger partial charge >= 0.3 is 10.1 Å². The molecule has 0 saturated carbocycles. The first-order chi connectivity index (χ1) is 18.1. The molecule has 1 aliphatic rings. The maximum absolute atomic E-state index is 14.1. The van der Waals surface area contributed by atoms with Gasteiger partial charge in [0, 0.05) is 23.7 Å². The van der Waals surface area contributed by atoms with E-state index in [2.05, 4.69) is 5.32 Å². The highest BCUT2D eigenvalue weighted by atomic mass is 32.2. The van der Waals surface area contributed by atoms with Crippen molar-refractivity contribution in [3.8, 4) is 11.5 Å². The molecule has 0 unspecified atom stereocenters. The van der Waals surface area contributed by atoms with Crippen molar-refractivity contribution in [3.05, 3.63) is 88.6 Å². The zero-order valence-electron chi connectivity index (χ0n) is 20.1. The summed E-state index contributed by atoms with van der Waals surface area (Å²) in [6.45, 7) is 1.07. The summed E-state index contributed by atoms with van der Waals surface area (Å²) in [7, 11) is -3.04. The summed E-state index contributed by atoms with van der Waals surface area (Å²) >= 11 is 0.640. The molecule has 1 fully saturated rings. The summed E-state index contributed by atoms with van der Waals surface area (Å²) in [5, 5.41) is 1.95. The van der Waals surface area contributed by atoms with E-state index < -0.39 is 27.1 Å². The monoisotopic (exact) mass is 556 g/mol. The maximum Gasteiger partial charge on any atom is 0.339 e. The molecule has 12 heteroatoms. The van der Waals surface area contributed by atoms with Crippen molar-refractivity contribution in [2.75, 3.05) is 12.4 Å². The molecule has 0 spiro atoms. The first kappa shape index (κ1) is 26.9. The number of hydrogen-bond donors (Lipinski definition) is 1. The third-order valence-electron chi connectivity index (χ3n) is 5.33. The normalized spacial score (nSPS) is 14.6. The summed E-state index contributed by atoms with van der Waals surface area (Å²) in [4.78, 5) is 37.5. The minimum atomic E-state index is -4.36. The van der Waals surface area contributed by atoms with Gasteiger partial charge in [-0.1, -0.05) is 30.3 Å². The van der Waals surface area contributed by atoms with Gasteiger partial charge in [-0.25, -0.2) is 4.39 Å². The number of nitrogens with one attached hydrogen (secondary N) is 1. The number of halogens is 1. The third kappa shape index (κ3) is 5.87. The Morgan fingerprint density at radius 1 is 1.05 bits per heavy atom. The molecule has 1 N–H and O–H groups in total. The number of carbonyl (C=O) groups excluding carboxylic acids is 3. The molecule has 3 aromatic rings. The van der Waals surface area contributed by atoms with E-state index in [1.54, 1.807) is 12.1 Å². The molecule has 0 atom stereocenters. The fraction of sp³-hybridized carbons (Fsp3) is 0.115. The van der Waals surface area contributed by atoms with E-state index >= 15 is 0 Å². The molecule has 4 rings (SSSR count). The average molecular weight is 557 g/mol. The summed E-state index contributed by atoms with van der Waals surface area (Å²) in [5.74, 6) is -1.64. The van der Waals surface area contributed by atoms with Gasteiger partial charge in [-0.05, 0) is 54.2 Å². The minimum absolute atomic E-state index is 0.00139. The van der Waals surface area contributed by atoms with Crippen LogP contribution in [0.2, 0.25) is 0 Å². The number of thioether (sulfide) groups is 1. The quantitative estimate of drug-likeness (QED) is 0.311. The second-order valence-corrected chi connectivity index (χ2v) is 10.5. The summed E-state index contributed by atoms with van der Waals surface area (Å²) < 4.78 is 50.9. The highest BCUT2D eigenvalue weighted by Gasteiger charge is 2.36. The summed E-state index contributed by atoms with van der Waals surface area (Å²) in [5.41, 5.74) is 0.747. The van der Waals surface area contributed by atoms with Crippen LogP contribution in [0.4, 0.5) is 14.9 Å². The Bertz CT molecular complexity index is 1550. The lowest BCUT2D eigenvalue weighted by Crippen LogP contribution is -2.27. The number of hydrogen-bond acceptors (Lipinski definition) is 8. The molecule has 0 aromatic heterocycles. The van der Waals surface area contributed by atoms with Crippen LogP contribution < -0.4 is 14.2 Å². The number of nitrogens with zero attached hydrogens (tertiary/aromatic N) is 1. The van der Waals surface area contributed by atoms with Gasteiger partial charge in [0.2, 0.25) is 5.91 Å². The second-order valence-electron chi connectivity index (χ2n) is 7.98. The van der Waals surface area contributed by atoms with E-state index in [9.17, 15) is 27.2 Å². The Balaban J connectivity index is 1.64. The van der Waals surface area contributed by atoms with Crippen molar-refractivity contribution in [2.45, 2.75) is 18.4 Å². The zero-order valence-corrected chi connectivity index (χ0v) is 21.8. The molecule has 1 saturated heterocycles. The van der Waals surface area contributed by atoms with Crippen LogP contribution in [0.1, 0.15) is 18.1 Å². The number of rotatable bonds is 8. The summed E-state index contributed by atoms with van der Waals surface area (Å²) in [6.07, 6.45) is 1.32. The Labute approximate surface area is 222 Å². The van der Waals surface area contributed by atoms with Gasteiger partial charge in [0.1, 0.15) is 10.7 Å². The molecular weight excluding hydrogens is 535 g/mol. The van der Waals surface area contributed by atoms with Crippen LogP contribution in [0, 0.1) is 5.82 Å². The van der Waals surface area contributed by atoms with Crippen LogP contribution in [0.5, 0.6) is 11.5 Å². The number of anilines is 1. The molecule has 1 aliphatic heterocycles. The first-order valence-corrected chi connectivity index (χ1v) is 13.3. The van der Waals surface area contributed by atoms with E-state index in [4.69, 9.17) is 8.92 Å². The van der Waals surface area contributed by atoms with Gasteiger partial charge in [0.15, 0.2) is 11.5 Å². The maximum atomic E-state index is 14.1. The van der Waals surface area contributed by atoms with Gasteiger partial charge in [0.25, 0.3) is 11.1 Å². The van der Waals surface area contributed by atoms with E-state index in [1.165, 1.54) is 74.7 Å². The molecule has 0 aliphatic carbocycles. The summed E-state index contributed by atoms with van der Waals surface area (Å²) in [6, 6.07) is 15.7. The van der Waals surface area contributed by atoms with E-state index in [0.29, 0.717) is 17.4 Å². The predicted octanol–water partition coefficient (Wildman–Crippen LogP) is 4.80. The van der Waals surface area contributed by atoms with E-state index in [0.717, 1.165) is 4.90 Å². The Morgan fingerprint density at radius 3 is 2.42 bits per heavy atom. The zero-order chi connectivity index (χ0) is 27.4. The van der Waals surface area contributed by atoms with Crippen LogP contribution in [-0.2, 0) is 26.3 Å². The Hall–Kier alpha value is -4.16. The van der Waals surface area contributed by atoms with Gasteiger partial charge in [-0.15, -0.1) is 0 Å². The standard InChI is InChI=1S/C26H21FN2O7S2/c1-16(30)28-19-10-12-20(13-11-19)38(33,34)36-24-17(7-5-9-22(24)35-2)14-23-25(31)29(26(32)37-23)15-18-6-3-4-8-21(18)27/h3-14H,15H2,1-2H3,(H,28,30)/b23-14-. The van der Waals surface area contributed by atoms with Crippen molar-refractivity contribution in [3.63, 3.8) is 0 Å². The number of para-hydroxylation sites is 1. The molecule has 38 heavy (non-hydrogen) atoms. The smallest absolute Gasteiger partial charge is 0.339 e. The number of carbonyl (C=O) groups is 3. The Morgan fingerprint density at radius 2 is 1.76 bits per heavy atom. The third-order valence-corrected chi connectivity index (χ3v) is 7.48. The number of benzene rings is 3. The lowest BCUT2D eigenvalue weighted by atomic mass is 10.1. The van der Waals surface area contributed by atoms with Crippen LogP contribution in [-0.4, -0.2) is 37.5 Å². The van der Waals surface area contributed by atoms with E-state index in [1.807, 2.05) is 0 Å². The molecule has 0 radical (unpaired) electrons. The van der Waals surface area contributed by atoms with Crippen molar-refractivity contribution in [1.82, 2.24) is 4.90 Å². The lowest BCUT2D eigenvalue weighted by Gasteiger charge is -2.14. The average Bonchev–Trinajstić information content (AvgIpc) is 3.13. The largest absolute Gasteiger partial charge is 0.493 e.